The van der Waals surface area contributed by atoms with Gasteiger partial charge >= 0.3 is 12.0 Å². The monoisotopic (exact) mass is 290 g/mol. The number of carboxylic acid groups (broad SMARTS) is 1. The van der Waals surface area contributed by atoms with Crippen molar-refractivity contribution in [1.29, 1.82) is 0 Å². The van der Waals surface area contributed by atoms with Gasteiger partial charge in [-0.15, -0.1) is 11.3 Å². The predicted molar refractivity (Wildman–Crippen MR) is 58.9 cm³/mol. The molecule has 2 aromatic heterocycles. The maximum Gasteiger partial charge on any atom is 0.356 e. The number of thiazole rings is 1. The van der Waals surface area contributed by atoms with Crippen LogP contribution in [0.3, 0.4) is 0 Å². The van der Waals surface area contributed by atoms with Gasteiger partial charge in [-0.3, -0.25) is 0 Å². The van der Waals surface area contributed by atoms with Crippen LogP contribution in [0.15, 0.2) is 14.2 Å². The van der Waals surface area contributed by atoms with Crippen molar-refractivity contribution in [2.75, 3.05) is 4.72 Å². The van der Waals surface area contributed by atoms with Gasteiger partial charge in [0.2, 0.25) is 0 Å². The summed E-state index contributed by atoms with van der Waals surface area (Å²) >= 11 is 0.679. The quantitative estimate of drug-likeness (QED) is 0.822. The highest BCUT2D eigenvalue weighted by atomic mass is 32.2. The van der Waals surface area contributed by atoms with E-state index in [9.17, 15) is 13.2 Å². The molecule has 11 heteroatoms. The molecule has 0 bridgehead atoms. The summed E-state index contributed by atoms with van der Waals surface area (Å²) in [6.45, 7) is 1.51. The number of anilines is 1. The zero-order valence-corrected chi connectivity index (χ0v) is 10.4. The van der Waals surface area contributed by atoms with E-state index in [0.717, 1.165) is 5.51 Å². The maximum atomic E-state index is 11.9. The smallest absolute Gasteiger partial charge is 0.356 e. The number of hydrogen-bond donors (Lipinski definition) is 2. The third-order valence-corrected chi connectivity index (χ3v) is 4.42. The summed E-state index contributed by atoms with van der Waals surface area (Å²) in [4.78, 5) is 17.9. The molecule has 0 spiro atoms. The van der Waals surface area contributed by atoms with Gasteiger partial charge in [0.25, 0.3) is 10.0 Å². The van der Waals surface area contributed by atoms with Crippen LogP contribution >= 0.6 is 11.3 Å². The first-order valence-corrected chi connectivity index (χ1v) is 6.76. The molecule has 96 valence electrons. The molecule has 0 saturated heterocycles. The lowest BCUT2D eigenvalue weighted by Gasteiger charge is -2.01. The van der Waals surface area contributed by atoms with E-state index in [2.05, 4.69) is 19.6 Å². The number of carboxylic acids is 1. The van der Waals surface area contributed by atoms with E-state index in [0.29, 0.717) is 11.3 Å². The number of aryl methyl sites for hydroxylation is 1. The van der Waals surface area contributed by atoms with Gasteiger partial charge in [0, 0.05) is 0 Å². The van der Waals surface area contributed by atoms with Gasteiger partial charge < -0.3 is 9.63 Å². The highest BCUT2D eigenvalue weighted by Gasteiger charge is 2.27. The highest BCUT2D eigenvalue weighted by Crippen LogP contribution is 2.22. The van der Waals surface area contributed by atoms with Crippen molar-refractivity contribution in [3.8, 4) is 0 Å². The largest absolute Gasteiger partial charge is 0.476 e. The molecule has 0 amide bonds. The summed E-state index contributed by atoms with van der Waals surface area (Å²) in [5.41, 5.74) is 0.570. The number of sulfonamides is 1. The number of aromatic nitrogens is 3. The van der Waals surface area contributed by atoms with Crippen LogP contribution in [0.5, 0.6) is 0 Å². The molecule has 0 fully saturated rings. The lowest BCUT2D eigenvalue weighted by atomic mass is 10.5. The second-order valence-corrected chi connectivity index (χ2v) is 5.78. The molecule has 18 heavy (non-hydrogen) atoms. The molecule has 2 heterocycles. The average Bonchev–Trinajstić information content (AvgIpc) is 2.86. The first-order valence-electron chi connectivity index (χ1n) is 4.40. The van der Waals surface area contributed by atoms with E-state index in [1.807, 2.05) is 4.72 Å². The van der Waals surface area contributed by atoms with Crippen molar-refractivity contribution < 1.29 is 22.8 Å². The Kier molecular flexibility index (Phi) is 3.00. The van der Waals surface area contributed by atoms with E-state index < -0.39 is 25.9 Å². The van der Waals surface area contributed by atoms with Crippen LogP contribution in [0, 0.1) is 6.92 Å². The van der Waals surface area contributed by atoms with E-state index in [-0.39, 0.29) is 11.8 Å². The van der Waals surface area contributed by atoms with Gasteiger partial charge in [0.1, 0.15) is 0 Å². The molecule has 0 radical (unpaired) electrons. The Bertz CT molecular complexity index is 688. The molecular formula is C7H6N4O5S2. The molecule has 0 aliphatic rings. The minimum atomic E-state index is -4.10. The summed E-state index contributed by atoms with van der Waals surface area (Å²) in [5.74, 6) is -1.19. The summed E-state index contributed by atoms with van der Waals surface area (Å²) < 4.78 is 29.9. The van der Waals surface area contributed by atoms with Crippen LogP contribution in [0.1, 0.15) is 16.3 Å². The number of rotatable bonds is 4. The maximum absolute atomic E-state index is 11.9. The van der Waals surface area contributed by atoms with Gasteiger partial charge in [-0.2, -0.15) is 4.98 Å². The van der Waals surface area contributed by atoms with Crippen molar-refractivity contribution in [3.05, 3.63) is 17.0 Å². The second kappa shape index (κ2) is 4.34. The fourth-order valence-electron chi connectivity index (χ4n) is 1.07. The molecule has 2 N–H and O–H groups in total. The Labute approximate surface area is 105 Å². The minimum absolute atomic E-state index is 0.246. The van der Waals surface area contributed by atoms with Crippen LogP contribution < -0.4 is 4.72 Å². The van der Waals surface area contributed by atoms with Crippen LogP contribution in [0.2, 0.25) is 0 Å². The summed E-state index contributed by atoms with van der Waals surface area (Å²) in [5, 5.41) is 12.2. The highest BCUT2D eigenvalue weighted by molar-refractivity contribution is 7.94. The Hall–Kier alpha value is -2.01. The third kappa shape index (κ3) is 2.31. The molecule has 2 rings (SSSR count). The number of hydrogen-bond acceptors (Lipinski definition) is 8. The van der Waals surface area contributed by atoms with Crippen LogP contribution in [0.25, 0.3) is 0 Å². The zero-order valence-electron chi connectivity index (χ0n) is 8.82. The average molecular weight is 290 g/mol. The third-order valence-electron chi connectivity index (χ3n) is 1.73. The molecule has 0 saturated carbocycles. The van der Waals surface area contributed by atoms with Gasteiger partial charge in [0.15, 0.2) is 15.7 Å². The lowest BCUT2D eigenvalue weighted by Crippen LogP contribution is -2.15. The van der Waals surface area contributed by atoms with E-state index >= 15 is 0 Å². The van der Waals surface area contributed by atoms with Crippen molar-refractivity contribution in [3.63, 3.8) is 0 Å². The molecule has 9 nitrogen and oxygen atoms in total. The second-order valence-electron chi connectivity index (χ2n) is 3.05. The SMILES string of the molecule is Cc1noc(NS(=O)(=O)c2scnc2C(=O)O)n1. The van der Waals surface area contributed by atoms with Crippen LogP contribution in [-0.2, 0) is 10.0 Å². The number of nitrogens with one attached hydrogen (secondary N) is 1. The van der Waals surface area contributed by atoms with Crippen molar-refractivity contribution in [2.45, 2.75) is 11.1 Å². The summed E-state index contributed by atoms with van der Waals surface area (Å²) in [6.07, 6.45) is 0. The van der Waals surface area contributed by atoms with Crippen molar-refractivity contribution >= 4 is 33.3 Å². The number of nitrogens with zero attached hydrogens (tertiary/aromatic N) is 3. The van der Waals surface area contributed by atoms with Gasteiger partial charge in [0.05, 0.1) is 5.51 Å². The standard InChI is InChI=1S/C7H6N4O5S2/c1-3-9-7(16-10-3)11-18(14,15)6-4(5(12)13)8-2-17-6/h2H,1H3,(H,12,13)(H,9,10,11). The van der Waals surface area contributed by atoms with E-state index in [1.54, 1.807) is 0 Å². The molecule has 0 aliphatic carbocycles. The molecule has 0 aliphatic heterocycles. The van der Waals surface area contributed by atoms with E-state index in [4.69, 9.17) is 5.11 Å². The van der Waals surface area contributed by atoms with Crippen molar-refractivity contribution in [1.82, 2.24) is 15.1 Å². The topological polar surface area (TPSA) is 135 Å². The Balaban J connectivity index is 2.37. The van der Waals surface area contributed by atoms with Gasteiger partial charge in [-0.1, -0.05) is 5.16 Å². The lowest BCUT2D eigenvalue weighted by molar-refractivity contribution is 0.0687. The fraction of sp³-hybridized carbons (Fsp3) is 0.143. The van der Waals surface area contributed by atoms with Gasteiger partial charge in [-0.05, 0) is 6.92 Å². The van der Waals surface area contributed by atoms with Crippen LogP contribution in [0.4, 0.5) is 6.01 Å². The Morgan fingerprint density at radius 2 is 2.28 bits per heavy atom. The number of carbonyl (C=O) groups is 1. The Morgan fingerprint density at radius 1 is 1.56 bits per heavy atom. The molecular weight excluding hydrogens is 284 g/mol. The summed E-state index contributed by atoms with van der Waals surface area (Å²) in [6, 6.07) is -0.336. The fourth-order valence-corrected chi connectivity index (χ4v) is 3.13. The molecule has 2 aromatic rings. The summed E-state index contributed by atoms with van der Waals surface area (Å²) in [7, 11) is -4.10. The minimum Gasteiger partial charge on any atom is -0.476 e. The zero-order chi connectivity index (χ0) is 13.3. The van der Waals surface area contributed by atoms with Crippen LogP contribution in [-0.4, -0.2) is 34.6 Å². The molecule has 0 unspecified atom stereocenters. The molecule has 0 aromatic carbocycles. The van der Waals surface area contributed by atoms with Crippen molar-refractivity contribution in [2.24, 2.45) is 0 Å². The predicted octanol–water partition coefficient (Wildman–Crippen LogP) is 0.334. The number of aromatic carboxylic acids is 1. The Morgan fingerprint density at radius 3 is 2.83 bits per heavy atom. The normalized spacial score (nSPS) is 11.4. The first-order chi connectivity index (χ1) is 8.40. The molecule has 0 atom stereocenters. The van der Waals surface area contributed by atoms with Gasteiger partial charge in [-0.25, -0.2) is 22.9 Å². The van der Waals surface area contributed by atoms with E-state index in [1.165, 1.54) is 6.92 Å². The first kappa shape index (κ1) is 12.4.